The summed E-state index contributed by atoms with van der Waals surface area (Å²) in [5.74, 6) is 0. The lowest BCUT2D eigenvalue weighted by atomic mass is 10.2. The van der Waals surface area contributed by atoms with Crippen LogP contribution in [-0.2, 0) is 4.74 Å². The molecule has 0 aromatic heterocycles. The summed E-state index contributed by atoms with van der Waals surface area (Å²) in [6.45, 7) is 3.50. The van der Waals surface area contributed by atoms with Crippen LogP contribution in [0, 0.1) is 0 Å². The van der Waals surface area contributed by atoms with Gasteiger partial charge in [-0.2, -0.15) is 0 Å². The van der Waals surface area contributed by atoms with Crippen LogP contribution in [0.3, 0.4) is 0 Å². The number of hydrogen-bond donors (Lipinski definition) is 2. The van der Waals surface area contributed by atoms with Gasteiger partial charge in [-0.05, 0) is 42.5 Å². The van der Waals surface area contributed by atoms with E-state index in [4.69, 9.17) is 10.5 Å². The number of halogens is 1. The molecule has 0 unspecified atom stereocenters. The molecule has 4 nitrogen and oxygen atoms in total. The number of ether oxygens (including phenoxy) is 1. The molecule has 0 atom stereocenters. The van der Waals surface area contributed by atoms with Crippen LogP contribution in [0.15, 0.2) is 46.9 Å². The van der Waals surface area contributed by atoms with Crippen molar-refractivity contribution in [3.63, 3.8) is 0 Å². The summed E-state index contributed by atoms with van der Waals surface area (Å²) in [6, 6.07) is 14.2. The molecule has 2 aromatic rings. The summed E-state index contributed by atoms with van der Waals surface area (Å²) in [6.07, 6.45) is 0. The van der Waals surface area contributed by atoms with E-state index in [1.165, 1.54) is 5.69 Å². The van der Waals surface area contributed by atoms with Gasteiger partial charge in [-0.1, -0.05) is 15.9 Å². The molecule has 0 radical (unpaired) electrons. The van der Waals surface area contributed by atoms with Crippen LogP contribution in [0.5, 0.6) is 0 Å². The standard InChI is InChI=1S/C16H18BrN3O/c17-12-1-6-15(18)16(11-12)19-13-2-4-14(5-3-13)20-7-9-21-10-8-20/h1-6,11,19H,7-10,18H2. The first-order valence-corrected chi connectivity index (χ1v) is 7.76. The molecule has 1 aliphatic heterocycles. The van der Waals surface area contributed by atoms with E-state index in [-0.39, 0.29) is 0 Å². The summed E-state index contributed by atoms with van der Waals surface area (Å²) >= 11 is 3.46. The summed E-state index contributed by atoms with van der Waals surface area (Å²) in [7, 11) is 0. The van der Waals surface area contributed by atoms with Crippen LogP contribution >= 0.6 is 15.9 Å². The molecule has 110 valence electrons. The highest BCUT2D eigenvalue weighted by Crippen LogP contribution is 2.28. The fourth-order valence-corrected chi connectivity index (χ4v) is 2.73. The van der Waals surface area contributed by atoms with Crippen LogP contribution in [0.4, 0.5) is 22.7 Å². The molecule has 21 heavy (non-hydrogen) atoms. The Morgan fingerprint density at radius 3 is 2.48 bits per heavy atom. The summed E-state index contributed by atoms with van der Waals surface area (Å²) < 4.78 is 6.38. The molecular formula is C16H18BrN3O. The second-order valence-electron chi connectivity index (χ2n) is 5.00. The Kier molecular flexibility index (Phi) is 4.31. The minimum atomic E-state index is 0.732. The van der Waals surface area contributed by atoms with Crippen LogP contribution in [0.1, 0.15) is 0 Å². The van der Waals surface area contributed by atoms with Crippen molar-refractivity contribution < 1.29 is 4.74 Å². The number of nitrogens with zero attached hydrogens (tertiary/aromatic N) is 1. The van der Waals surface area contributed by atoms with Gasteiger partial charge >= 0.3 is 0 Å². The topological polar surface area (TPSA) is 50.5 Å². The number of nitrogen functional groups attached to an aromatic ring is 1. The van der Waals surface area contributed by atoms with Gasteiger partial charge in [-0.3, -0.25) is 0 Å². The first kappa shape index (κ1) is 14.2. The van der Waals surface area contributed by atoms with E-state index < -0.39 is 0 Å². The first-order chi connectivity index (χ1) is 10.2. The zero-order valence-electron chi connectivity index (χ0n) is 11.7. The maximum atomic E-state index is 5.98. The Balaban J connectivity index is 1.73. The minimum absolute atomic E-state index is 0.732. The van der Waals surface area contributed by atoms with Gasteiger partial charge in [0, 0.05) is 28.9 Å². The van der Waals surface area contributed by atoms with Gasteiger partial charge in [0.05, 0.1) is 24.6 Å². The van der Waals surface area contributed by atoms with Crippen molar-refractivity contribution >= 4 is 38.7 Å². The normalized spacial score (nSPS) is 15.0. The summed E-state index contributed by atoms with van der Waals surface area (Å²) in [5, 5.41) is 3.34. The number of morpholine rings is 1. The van der Waals surface area contributed by atoms with Gasteiger partial charge in [0.1, 0.15) is 0 Å². The average Bonchev–Trinajstić information content (AvgIpc) is 2.53. The highest BCUT2D eigenvalue weighted by Gasteiger charge is 2.10. The van der Waals surface area contributed by atoms with Gasteiger partial charge in [-0.15, -0.1) is 0 Å². The van der Waals surface area contributed by atoms with Gasteiger partial charge < -0.3 is 20.7 Å². The quantitative estimate of drug-likeness (QED) is 0.832. The Bertz CT molecular complexity index is 609. The molecular weight excluding hydrogens is 330 g/mol. The molecule has 3 rings (SSSR count). The molecule has 0 aliphatic carbocycles. The van der Waals surface area contributed by atoms with Crippen molar-refractivity contribution in [3.05, 3.63) is 46.9 Å². The lowest BCUT2D eigenvalue weighted by Gasteiger charge is -2.29. The third-order valence-corrected chi connectivity index (χ3v) is 4.03. The van der Waals surface area contributed by atoms with Crippen LogP contribution in [0.25, 0.3) is 0 Å². The maximum Gasteiger partial charge on any atom is 0.0642 e. The second-order valence-corrected chi connectivity index (χ2v) is 5.92. The largest absolute Gasteiger partial charge is 0.397 e. The van der Waals surface area contributed by atoms with E-state index in [0.717, 1.165) is 47.8 Å². The molecule has 1 saturated heterocycles. The Morgan fingerprint density at radius 2 is 1.76 bits per heavy atom. The number of nitrogens with one attached hydrogen (secondary N) is 1. The third kappa shape index (κ3) is 3.49. The SMILES string of the molecule is Nc1ccc(Br)cc1Nc1ccc(N2CCOCC2)cc1. The van der Waals surface area contributed by atoms with Gasteiger partial charge in [0.2, 0.25) is 0 Å². The predicted octanol–water partition coefficient (Wildman–Crippen LogP) is 3.61. The molecule has 2 aromatic carbocycles. The van der Waals surface area contributed by atoms with Crippen LogP contribution < -0.4 is 16.0 Å². The molecule has 1 fully saturated rings. The molecule has 0 spiro atoms. The Hall–Kier alpha value is -1.72. The van der Waals surface area contributed by atoms with Crippen molar-refractivity contribution in [3.8, 4) is 0 Å². The van der Waals surface area contributed by atoms with Gasteiger partial charge in [-0.25, -0.2) is 0 Å². The highest BCUT2D eigenvalue weighted by molar-refractivity contribution is 9.10. The summed E-state index contributed by atoms with van der Waals surface area (Å²) in [4.78, 5) is 2.33. The van der Waals surface area contributed by atoms with E-state index in [9.17, 15) is 0 Å². The molecule has 1 aliphatic rings. The zero-order valence-corrected chi connectivity index (χ0v) is 13.3. The molecule has 1 heterocycles. The van der Waals surface area contributed by atoms with Crippen molar-refractivity contribution in [2.24, 2.45) is 0 Å². The molecule has 0 saturated carbocycles. The van der Waals surface area contributed by atoms with Gasteiger partial charge in [0.25, 0.3) is 0 Å². The Morgan fingerprint density at radius 1 is 1.05 bits per heavy atom. The minimum Gasteiger partial charge on any atom is -0.397 e. The summed E-state index contributed by atoms with van der Waals surface area (Å²) in [5.41, 5.74) is 9.87. The fourth-order valence-electron chi connectivity index (χ4n) is 2.37. The average molecular weight is 348 g/mol. The number of anilines is 4. The van der Waals surface area contributed by atoms with Crippen LogP contribution in [0.2, 0.25) is 0 Å². The second kappa shape index (κ2) is 6.37. The van der Waals surface area contributed by atoms with E-state index in [1.807, 2.05) is 18.2 Å². The van der Waals surface area contributed by atoms with E-state index in [1.54, 1.807) is 0 Å². The fraction of sp³-hybridized carbons (Fsp3) is 0.250. The third-order valence-electron chi connectivity index (χ3n) is 3.54. The number of benzene rings is 2. The van der Waals surface area contributed by atoms with E-state index in [2.05, 4.69) is 50.4 Å². The lowest BCUT2D eigenvalue weighted by Crippen LogP contribution is -2.36. The monoisotopic (exact) mass is 347 g/mol. The van der Waals surface area contributed by atoms with Gasteiger partial charge in [0.15, 0.2) is 0 Å². The number of nitrogens with two attached hydrogens (primary N) is 1. The van der Waals surface area contributed by atoms with Crippen molar-refractivity contribution in [2.45, 2.75) is 0 Å². The van der Waals surface area contributed by atoms with E-state index >= 15 is 0 Å². The molecule has 0 amide bonds. The first-order valence-electron chi connectivity index (χ1n) is 6.97. The molecule has 5 heteroatoms. The maximum absolute atomic E-state index is 5.98. The highest BCUT2D eigenvalue weighted by atomic mass is 79.9. The molecule has 3 N–H and O–H groups in total. The van der Waals surface area contributed by atoms with Crippen LogP contribution in [-0.4, -0.2) is 26.3 Å². The molecule has 0 bridgehead atoms. The Labute approximate surface area is 133 Å². The van der Waals surface area contributed by atoms with Crippen molar-refractivity contribution in [1.82, 2.24) is 0 Å². The van der Waals surface area contributed by atoms with Crippen molar-refractivity contribution in [1.29, 1.82) is 0 Å². The zero-order chi connectivity index (χ0) is 14.7. The number of hydrogen-bond acceptors (Lipinski definition) is 4. The lowest BCUT2D eigenvalue weighted by molar-refractivity contribution is 0.122. The smallest absolute Gasteiger partial charge is 0.0642 e. The number of rotatable bonds is 3. The predicted molar refractivity (Wildman–Crippen MR) is 91.3 cm³/mol. The van der Waals surface area contributed by atoms with Crippen molar-refractivity contribution in [2.75, 3.05) is 42.3 Å². The van der Waals surface area contributed by atoms with E-state index in [0.29, 0.717) is 0 Å².